The third-order valence-electron chi connectivity index (χ3n) is 10.7. The van der Waals surface area contributed by atoms with Crippen LogP contribution in [0.25, 0.3) is 0 Å². The van der Waals surface area contributed by atoms with Crippen LogP contribution in [-0.2, 0) is 4.79 Å². The van der Waals surface area contributed by atoms with Gasteiger partial charge in [-0.15, -0.1) is 0 Å². The van der Waals surface area contributed by atoms with E-state index in [4.69, 9.17) is 5.11 Å². The second kappa shape index (κ2) is 45.2. The molecule has 2 N–H and O–H groups in total. The molecule has 0 aliphatic rings. The quantitative estimate of drug-likeness (QED) is 0.0494. The maximum Gasteiger partial charge on any atom is 0.328 e. The van der Waals surface area contributed by atoms with Crippen molar-refractivity contribution in [2.75, 3.05) is 13.1 Å². The predicted molar refractivity (Wildman–Crippen MR) is 220 cm³/mol. The normalized spacial score (nSPS) is 11.7. The zero-order valence-corrected chi connectivity index (χ0v) is 33.7. The van der Waals surface area contributed by atoms with Crippen LogP contribution in [0.4, 0.5) is 0 Å². The van der Waals surface area contributed by atoms with Gasteiger partial charge in [-0.3, -0.25) is 0 Å². The maximum absolute atomic E-state index is 10.4. The van der Waals surface area contributed by atoms with Gasteiger partial charge in [0.2, 0.25) is 0 Å². The SMILES string of the molecule is CCCCCCCCCCCCCCCCCCCCCCCCCCCCCCCCCCCCCCCCCCNCC=CC(=O)O. The van der Waals surface area contributed by atoms with Gasteiger partial charge in [-0.2, -0.15) is 0 Å². The lowest BCUT2D eigenvalue weighted by Crippen LogP contribution is -2.15. The third-order valence-corrected chi connectivity index (χ3v) is 10.7. The summed E-state index contributed by atoms with van der Waals surface area (Å²) in [6, 6.07) is 0. The largest absolute Gasteiger partial charge is 0.478 e. The molecule has 0 aromatic heterocycles. The molecule has 292 valence electrons. The summed E-state index contributed by atoms with van der Waals surface area (Å²) in [5.74, 6) is -0.867. The van der Waals surface area contributed by atoms with Crippen molar-refractivity contribution in [3.63, 3.8) is 0 Å². The Morgan fingerprint density at radius 2 is 0.571 bits per heavy atom. The van der Waals surface area contributed by atoms with Gasteiger partial charge in [0.1, 0.15) is 0 Å². The molecule has 0 aromatic rings. The molecular formula is C46H91NO2. The summed E-state index contributed by atoms with van der Waals surface area (Å²) in [6.07, 6.45) is 60.9. The Labute approximate surface area is 309 Å². The van der Waals surface area contributed by atoms with Crippen molar-refractivity contribution in [2.45, 2.75) is 264 Å². The zero-order chi connectivity index (χ0) is 35.4. The van der Waals surface area contributed by atoms with E-state index in [9.17, 15) is 4.79 Å². The number of rotatable bonds is 44. The fourth-order valence-electron chi connectivity index (χ4n) is 7.39. The predicted octanol–water partition coefficient (Wildman–Crippen LogP) is 15.8. The van der Waals surface area contributed by atoms with Crippen LogP contribution >= 0.6 is 0 Å². The second-order valence-corrected chi connectivity index (χ2v) is 15.7. The van der Waals surface area contributed by atoms with Crippen LogP contribution in [0.2, 0.25) is 0 Å². The standard InChI is InChI=1S/C46H91NO2/c1-2-3-4-5-6-7-8-9-10-11-12-13-14-15-16-17-18-19-20-21-22-23-24-25-26-27-28-29-30-31-32-33-34-35-36-37-38-39-40-41-44-47-45-42-43-46(48)49/h42-43,47H,2-41,44-45H2,1H3,(H,48,49). The molecular weight excluding hydrogens is 599 g/mol. The molecule has 0 aromatic carbocycles. The highest BCUT2D eigenvalue weighted by Gasteiger charge is 1.98. The van der Waals surface area contributed by atoms with Crippen LogP contribution in [0.3, 0.4) is 0 Å². The topological polar surface area (TPSA) is 49.3 Å². The van der Waals surface area contributed by atoms with Gasteiger partial charge in [0.05, 0.1) is 0 Å². The smallest absolute Gasteiger partial charge is 0.328 e. The number of hydrogen-bond acceptors (Lipinski definition) is 2. The van der Waals surface area contributed by atoms with Crippen molar-refractivity contribution in [1.82, 2.24) is 5.32 Å². The molecule has 0 fully saturated rings. The van der Waals surface area contributed by atoms with Gasteiger partial charge in [-0.05, 0) is 13.0 Å². The number of carboxylic acid groups (broad SMARTS) is 1. The number of nitrogens with one attached hydrogen (secondary N) is 1. The first-order chi connectivity index (χ1) is 24.3. The first-order valence-corrected chi connectivity index (χ1v) is 22.9. The Kier molecular flexibility index (Phi) is 44.4. The summed E-state index contributed by atoms with van der Waals surface area (Å²) in [6.45, 7) is 3.96. The van der Waals surface area contributed by atoms with Gasteiger partial charge >= 0.3 is 5.97 Å². The van der Waals surface area contributed by atoms with E-state index in [1.165, 1.54) is 263 Å². The Balaban J connectivity index is 3.06. The molecule has 49 heavy (non-hydrogen) atoms. The molecule has 3 nitrogen and oxygen atoms in total. The van der Waals surface area contributed by atoms with Crippen molar-refractivity contribution in [1.29, 1.82) is 0 Å². The molecule has 0 saturated carbocycles. The van der Waals surface area contributed by atoms with E-state index < -0.39 is 5.97 Å². The number of aliphatic carboxylic acids is 1. The summed E-state index contributed by atoms with van der Waals surface area (Å²) < 4.78 is 0. The fraction of sp³-hybridized carbons (Fsp3) is 0.935. The number of unbranched alkanes of at least 4 members (excludes halogenated alkanes) is 39. The Morgan fingerprint density at radius 3 is 0.776 bits per heavy atom. The van der Waals surface area contributed by atoms with Crippen LogP contribution in [0, 0.1) is 0 Å². The number of carbonyl (C=O) groups is 1. The molecule has 0 aliphatic carbocycles. The molecule has 0 rings (SSSR count). The average molecular weight is 690 g/mol. The molecule has 0 radical (unpaired) electrons. The highest BCUT2D eigenvalue weighted by atomic mass is 16.4. The minimum atomic E-state index is -0.867. The van der Waals surface area contributed by atoms with Crippen LogP contribution in [0.1, 0.15) is 264 Å². The molecule has 0 atom stereocenters. The van der Waals surface area contributed by atoms with Crippen molar-refractivity contribution in [3.8, 4) is 0 Å². The Hall–Kier alpha value is -0.830. The highest BCUT2D eigenvalue weighted by Crippen LogP contribution is 2.17. The van der Waals surface area contributed by atoms with E-state index in [1.54, 1.807) is 6.08 Å². The second-order valence-electron chi connectivity index (χ2n) is 15.7. The summed E-state index contributed by atoms with van der Waals surface area (Å²) in [7, 11) is 0. The molecule has 0 saturated heterocycles. The van der Waals surface area contributed by atoms with E-state index in [-0.39, 0.29) is 0 Å². The van der Waals surface area contributed by atoms with E-state index in [0.717, 1.165) is 6.54 Å². The summed E-state index contributed by atoms with van der Waals surface area (Å²) in [4.78, 5) is 10.4. The van der Waals surface area contributed by atoms with Gasteiger partial charge in [0.15, 0.2) is 0 Å². The Bertz CT molecular complexity index is 633. The number of hydrogen-bond donors (Lipinski definition) is 2. The lowest BCUT2D eigenvalue weighted by molar-refractivity contribution is -0.131. The van der Waals surface area contributed by atoms with Gasteiger partial charge in [0, 0.05) is 12.6 Å². The van der Waals surface area contributed by atoms with Crippen LogP contribution in [0.15, 0.2) is 12.2 Å². The third kappa shape index (κ3) is 47.2. The molecule has 0 heterocycles. The van der Waals surface area contributed by atoms with Crippen molar-refractivity contribution in [2.24, 2.45) is 0 Å². The van der Waals surface area contributed by atoms with Crippen molar-refractivity contribution < 1.29 is 9.90 Å². The number of carboxylic acids is 1. The fourth-order valence-corrected chi connectivity index (χ4v) is 7.39. The lowest BCUT2D eigenvalue weighted by atomic mass is 10.0. The monoisotopic (exact) mass is 690 g/mol. The van der Waals surface area contributed by atoms with Crippen molar-refractivity contribution >= 4 is 5.97 Å². The zero-order valence-electron chi connectivity index (χ0n) is 33.7. The van der Waals surface area contributed by atoms with Crippen LogP contribution in [-0.4, -0.2) is 24.2 Å². The Morgan fingerprint density at radius 1 is 0.367 bits per heavy atom. The van der Waals surface area contributed by atoms with Crippen LogP contribution < -0.4 is 5.32 Å². The molecule has 0 amide bonds. The molecule has 0 spiro atoms. The van der Waals surface area contributed by atoms with Gasteiger partial charge in [-0.1, -0.05) is 263 Å². The molecule has 0 aliphatic heterocycles. The molecule has 0 bridgehead atoms. The first-order valence-electron chi connectivity index (χ1n) is 22.9. The highest BCUT2D eigenvalue weighted by molar-refractivity contribution is 5.79. The molecule has 3 heteroatoms. The van der Waals surface area contributed by atoms with E-state index in [0.29, 0.717) is 6.54 Å². The lowest BCUT2D eigenvalue weighted by Gasteiger charge is -2.05. The summed E-state index contributed by atoms with van der Waals surface area (Å²) >= 11 is 0. The van der Waals surface area contributed by atoms with E-state index >= 15 is 0 Å². The van der Waals surface area contributed by atoms with Crippen molar-refractivity contribution in [3.05, 3.63) is 12.2 Å². The minimum absolute atomic E-state index is 0.659. The average Bonchev–Trinajstić information content (AvgIpc) is 3.10. The summed E-state index contributed by atoms with van der Waals surface area (Å²) in [5.41, 5.74) is 0. The van der Waals surface area contributed by atoms with E-state index in [1.807, 2.05) is 0 Å². The minimum Gasteiger partial charge on any atom is -0.478 e. The van der Waals surface area contributed by atoms with Crippen LogP contribution in [0.5, 0.6) is 0 Å². The van der Waals surface area contributed by atoms with Gasteiger partial charge < -0.3 is 10.4 Å². The maximum atomic E-state index is 10.4. The van der Waals surface area contributed by atoms with E-state index in [2.05, 4.69) is 12.2 Å². The molecule has 0 unspecified atom stereocenters. The first kappa shape index (κ1) is 48.2. The van der Waals surface area contributed by atoms with Gasteiger partial charge in [-0.25, -0.2) is 4.79 Å². The van der Waals surface area contributed by atoms with Gasteiger partial charge in [0.25, 0.3) is 0 Å². The summed E-state index contributed by atoms with van der Waals surface area (Å²) in [5, 5.41) is 11.8.